The SMILES string of the molecule is Cc1ccc(S(C)(=O)=O)cc1C(=O)NC1CCCC1. The molecule has 5 heteroatoms. The van der Waals surface area contributed by atoms with Crippen molar-refractivity contribution in [3.05, 3.63) is 29.3 Å². The second-order valence-electron chi connectivity index (χ2n) is 5.20. The third-order valence-corrected chi connectivity index (χ3v) is 4.68. The van der Waals surface area contributed by atoms with Crippen molar-refractivity contribution in [3.8, 4) is 0 Å². The highest BCUT2D eigenvalue weighted by atomic mass is 32.2. The minimum Gasteiger partial charge on any atom is -0.349 e. The molecule has 0 atom stereocenters. The van der Waals surface area contributed by atoms with Gasteiger partial charge in [-0.2, -0.15) is 0 Å². The summed E-state index contributed by atoms with van der Waals surface area (Å²) in [6.45, 7) is 1.82. The van der Waals surface area contributed by atoms with E-state index in [4.69, 9.17) is 0 Å². The number of aryl methyl sites for hydroxylation is 1. The van der Waals surface area contributed by atoms with Crippen molar-refractivity contribution >= 4 is 15.7 Å². The second kappa shape index (κ2) is 5.33. The van der Waals surface area contributed by atoms with Crippen LogP contribution in [-0.4, -0.2) is 26.6 Å². The average Bonchev–Trinajstić information content (AvgIpc) is 2.80. The highest BCUT2D eigenvalue weighted by Gasteiger charge is 2.20. The van der Waals surface area contributed by atoms with Gasteiger partial charge in [0.25, 0.3) is 5.91 Å². The zero-order valence-electron chi connectivity index (χ0n) is 11.3. The van der Waals surface area contributed by atoms with Crippen LogP contribution in [0.3, 0.4) is 0 Å². The smallest absolute Gasteiger partial charge is 0.251 e. The van der Waals surface area contributed by atoms with Gasteiger partial charge in [-0.1, -0.05) is 18.9 Å². The summed E-state index contributed by atoms with van der Waals surface area (Å²) in [5.74, 6) is -0.171. The zero-order valence-corrected chi connectivity index (χ0v) is 12.1. The van der Waals surface area contributed by atoms with Gasteiger partial charge >= 0.3 is 0 Å². The summed E-state index contributed by atoms with van der Waals surface area (Å²) < 4.78 is 23.1. The van der Waals surface area contributed by atoms with Crippen molar-refractivity contribution in [1.29, 1.82) is 0 Å². The van der Waals surface area contributed by atoms with Gasteiger partial charge in [0, 0.05) is 17.9 Å². The minimum absolute atomic E-state index is 0.171. The number of carbonyl (C=O) groups is 1. The van der Waals surface area contributed by atoms with E-state index < -0.39 is 9.84 Å². The van der Waals surface area contributed by atoms with Gasteiger partial charge in [0.1, 0.15) is 0 Å². The molecule has 0 radical (unpaired) electrons. The Bertz CT molecular complexity index is 587. The van der Waals surface area contributed by atoms with Crippen LogP contribution in [0.2, 0.25) is 0 Å². The van der Waals surface area contributed by atoms with E-state index in [0.29, 0.717) is 5.56 Å². The normalized spacial score (nSPS) is 16.5. The van der Waals surface area contributed by atoms with E-state index in [-0.39, 0.29) is 16.8 Å². The molecule has 1 amide bonds. The zero-order chi connectivity index (χ0) is 14.0. The third-order valence-electron chi connectivity index (χ3n) is 3.57. The van der Waals surface area contributed by atoms with E-state index in [9.17, 15) is 13.2 Å². The van der Waals surface area contributed by atoms with Gasteiger partial charge in [0.15, 0.2) is 9.84 Å². The molecule has 19 heavy (non-hydrogen) atoms. The quantitative estimate of drug-likeness (QED) is 0.922. The lowest BCUT2D eigenvalue weighted by atomic mass is 10.1. The molecule has 1 N–H and O–H groups in total. The predicted octanol–water partition coefficient (Wildman–Crippen LogP) is 2.07. The molecule has 0 heterocycles. The van der Waals surface area contributed by atoms with Gasteiger partial charge < -0.3 is 5.32 Å². The molecule has 0 bridgehead atoms. The van der Waals surface area contributed by atoms with Gasteiger partial charge in [-0.15, -0.1) is 0 Å². The van der Waals surface area contributed by atoms with Crippen molar-refractivity contribution in [2.45, 2.75) is 43.5 Å². The number of nitrogens with one attached hydrogen (secondary N) is 1. The number of hydrogen-bond donors (Lipinski definition) is 1. The van der Waals surface area contributed by atoms with E-state index in [1.807, 2.05) is 6.92 Å². The molecule has 0 saturated heterocycles. The number of rotatable bonds is 3. The highest BCUT2D eigenvalue weighted by molar-refractivity contribution is 7.90. The lowest BCUT2D eigenvalue weighted by Crippen LogP contribution is -2.33. The Morgan fingerprint density at radius 3 is 2.47 bits per heavy atom. The van der Waals surface area contributed by atoms with Crippen LogP contribution >= 0.6 is 0 Å². The first-order chi connectivity index (χ1) is 8.88. The Morgan fingerprint density at radius 1 is 1.26 bits per heavy atom. The summed E-state index contributed by atoms with van der Waals surface area (Å²) in [4.78, 5) is 12.4. The Kier molecular flexibility index (Phi) is 3.94. The summed E-state index contributed by atoms with van der Waals surface area (Å²) in [6, 6.07) is 4.92. The van der Waals surface area contributed by atoms with Crippen LogP contribution in [0.5, 0.6) is 0 Å². The second-order valence-corrected chi connectivity index (χ2v) is 7.22. The molecule has 0 spiro atoms. The molecule has 1 aromatic rings. The topological polar surface area (TPSA) is 63.2 Å². The number of carbonyl (C=O) groups excluding carboxylic acids is 1. The van der Waals surface area contributed by atoms with Gasteiger partial charge in [-0.05, 0) is 37.5 Å². The maximum Gasteiger partial charge on any atom is 0.251 e. The van der Waals surface area contributed by atoms with Crippen LogP contribution in [0.1, 0.15) is 41.6 Å². The molecule has 1 saturated carbocycles. The van der Waals surface area contributed by atoms with Crippen LogP contribution in [0.4, 0.5) is 0 Å². The van der Waals surface area contributed by atoms with E-state index in [2.05, 4.69) is 5.32 Å². The van der Waals surface area contributed by atoms with Crippen LogP contribution in [0.15, 0.2) is 23.1 Å². The molecule has 104 valence electrons. The summed E-state index contributed by atoms with van der Waals surface area (Å²) in [7, 11) is -3.28. The molecule has 4 nitrogen and oxygen atoms in total. The molecule has 0 aliphatic heterocycles. The van der Waals surface area contributed by atoms with Crippen molar-refractivity contribution in [1.82, 2.24) is 5.32 Å². The van der Waals surface area contributed by atoms with Crippen molar-refractivity contribution in [2.75, 3.05) is 6.26 Å². The maximum atomic E-state index is 12.2. The molecule has 0 unspecified atom stereocenters. The highest BCUT2D eigenvalue weighted by Crippen LogP contribution is 2.20. The number of amides is 1. The molecule has 2 rings (SSSR count). The summed E-state index contributed by atoms with van der Waals surface area (Å²) >= 11 is 0. The first-order valence-electron chi connectivity index (χ1n) is 6.49. The average molecular weight is 281 g/mol. The Labute approximate surface area is 114 Å². The largest absolute Gasteiger partial charge is 0.349 e. The van der Waals surface area contributed by atoms with Crippen molar-refractivity contribution in [2.24, 2.45) is 0 Å². The Hall–Kier alpha value is -1.36. The number of sulfone groups is 1. The molecular weight excluding hydrogens is 262 g/mol. The lowest BCUT2D eigenvalue weighted by molar-refractivity contribution is 0.0937. The van der Waals surface area contributed by atoms with E-state index >= 15 is 0 Å². The molecule has 1 aromatic carbocycles. The molecule has 1 aliphatic rings. The monoisotopic (exact) mass is 281 g/mol. The van der Waals surface area contributed by atoms with Gasteiger partial charge in [-0.25, -0.2) is 8.42 Å². The predicted molar refractivity (Wildman–Crippen MR) is 74.0 cm³/mol. The van der Waals surface area contributed by atoms with Gasteiger partial charge in [-0.3, -0.25) is 4.79 Å². The number of benzene rings is 1. The summed E-state index contributed by atoms with van der Waals surface area (Å²) in [5, 5.41) is 2.98. The fourth-order valence-electron chi connectivity index (χ4n) is 2.41. The van der Waals surface area contributed by atoms with Crippen LogP contribution in [0.25, 0.3) is 0 Å². The van der Waals surface area contributed by atoms with E-state index in [1.165, 1.54) is 12.1 Å². The van der Waals surface area contributed by atoms with E-state index in [1.54, 1.807) is 6.07 Å². The fourth-order valence-corrected chi connectivity index (χ4v) is 3.06. The Balaban J connectivity index is 2.25. The van der Waals surface area contributed by atoms with Crippen LogP contribution in [0, 0.1) is 6.92 Å². The molecule has 1 aliphatic carbocycles. The molecular formula is C14H19NO3S. The van der Waals surface area contributed by atoms with Gasteiger partial charge in [0.2, 0.25) is 0 Å². The molecule has 0 aromatic heterocycles. The first kappa shape index (κ1) is 14.1. The lowest BCUT2D eigenvalue weighted by Gasteiger charge is -2.14. The third kappa shape index (κ3) is 3.35. The number of hydrogen-bond acceptors (Lipinski definition) is 3. The fraction of sp³-hybridized carbons (Fsp3) is 0.500. The summed E-state index contributed by atoms with van der Waals surface area (Å²) in [5.41, 5.74) is 1.25. The first-order valence-corrected chi connectivity index (χ1v) is 8.38. The minimum atomic E-state index is -3.28. The summed E-state index contributed by atoms with van der Waals surface area (Å²) in [6.07, 6.45) is 5.46. The van der Waals surface area contributed by atoms with Gasteiger partial charge in [0.05, 0.1) is 4.90 Å². The van der Waals surface area contributed by atoms with Crippen molar-refractivity contribution in [3.63, 3.8) is 0 Å². The maximum absolute atomic E-state index is 12.2. The Morgan fingerprint density at radius 2 is 1.89 bits per heavy atom. The van der Waals surface area contributed by atoms with Crippen molar-refractivity contribution < 1.29 is 13.2 Å². The molecule has 1 fully saturated rings. The standard InChI is InChI=1S/C14H19NO3S/c1-10-7-8-12(19(2,17)18)9-13(10)14(16)15-11-5-3-4-6-11/h7-9,11H,3-6H2,1-2H3,(H,15,16). The van der Waals surface area contributed by atoms with Crippen LogP contribution < -0.4 is 5.32 Å². The van der Waals surface area contributed by atoms with E-state index in [0.717, 1.165) is 37.5 Å². The van der Waals surface area contributed by atoms with Crippen LogP contribution in [-0.2, 0) is 9.84 Å².